The molecule has 0 unspecified atom stereocenters. The van der Waals surface area contributed by atoms with E-state index in [1.165, 1.54) is 0 Å². The number of halogens is 1. The van der Waals surface area contributed by atoms with Crippen LogP contribution in [-0.2, 0) is 0 Å². The van der Waals surface area contributed by atoms with Crippen molar-refractivity contribution in [1.29, 1.82) is 0 Å². The zero-order valence-electron chi connectivity index (χ0n) is 9.67. The van der Waals surface area contributed by atoms with Crippen molar-refractivity contribution in [1.82, 2.24) is 0 Å². The zero-order valence-corrected chi connectivity index (χ0v) is 10.4. The van der Waals surface area contributed by atoms with Crippen LogP contribution in [0.4, 0.5) is 0 Å². The third-order valence-corrected chi connectivity index (χ3v) is 2.45. The number of ether oxygens (including phenoxy) is 2. The van der Waals surface area contributed by atoms with E-state index in [1.54, 1.807) is 36.4 Å². The van der Waals surface area contributed by atoms with Crippen molar-refractivity contribution in [3.05, 3.63) is 53.6 Å². The van der Waals surface area contributed by atoms with Gasteiger partial charge in [-0.05, 0) is 42.5 Å². The molecule has 3 nitrogen and oxygen atoms in total. The van der Waals surface area contributed by atoms with Gasteiger partial charge in [-0.2, -0.15) is 0 Å². The van der Waals surface area contributed by atoms with Crippen molar-refractivity contribution in [3.63, 3.8) is 0 Å². The molecule has 0 aliphatic rings. The molecule has 18 heavy (non-hydrogen) atoms. The monoisotopic (exact) mass is 264 g/mol. The summed E-state index contributed by atoms with van der Waals surface area (Å²) in [4.78, 5) is 0. The Morgan fingerprint density at radius 3 is 2.33 bits per heavy atom. The van der Waals surface area contributed by atoms with Gasteiger partial charge in [-0.1, -0.05) is 17.7 Å². The van der Waals surface area contributed by atoms with Crippen LogP contribution in [0.1, 0.15) is 0 Å². The van der Waals surface area contributed by atoms with Gasteiger partial charge in [-0.3, -0.25) is 0 Å². The van der Waals surface area contributed by atoms with Crippen LogP contribution in [0.25, 0.3) is 0 Å². The Labute approximate surface area is 111 Å². The molecule has 1 N–H and O–H groups in total. The van der Waals surface area contributed by atoms with Crippen molar-refractivity contribution < 1.29 is 14.6 Å². The fraction of sp³-hybridized carbons (Fsp3) is 0.143. The van der Waals surface area contributed by atoms with Crippen LogP contribution < -0.4 is 9.47 Å². The first kappa shape index (κ1) is 12.7. The van der Waals surface area contributed by atoms with E-state index in [1.807, 2.05) is 12.1 Å². The molecule has 0 radical (unpaired) electrons. The smallest absolute Gasteiger partial charge is 0.128 e. The molecule has 4 heteroatoms. The zero-order chi connectivity index (χ0) is 12.8. The minimum Gasteiger partial charge on any atom is -0.491 e. The molecule has 2 aromatic carbocycles. The van der Waals surface area contributed by atoms with Crippen LogP contribution in [0.15, 0.2) is 48.5 Å². The fourth-order valence-electron chi connectivity index (χ4n) is 1.43. The Balaban J connectivity index is 2.02. The topological polar surface area (TPSA) is 38.7 Å². The van der Waals surface area contributed by atoms with E-state index in [2.05, 4.69) is 0 Å². The van der Waals surface area contributed by atoms with Crippen LogP contribution in [0.5, 0.6) is 17.2 Å². The predicted octanol–water partition coefficient (Wildman–Crippen LogP) is 3.50. The summed E-state index contributed by atoms with van der Waals surface area (Å²) in [7, 11) is 0. The molecule has 0 saturated heterocycles. The molecule has 0 aliphatic carbocycles. The maximum absolute atomic E-state index is 8.64. The summed E-state index contributed by atoms with van der Waals surface area (Å²) < 4.78 is 10.9. The largest absolute Gasteiger partial charge is 0.491 e. The molecule has 0 aromatic heterocycles. The fourth-order valence-corrected chi connectivity index (χ4v) is 1.61. The van der Waals surface area contributed by atoms with Gasteiger partial charge < -0.3 is 14.6 Å². The van der Waals surface area contributed by atoms with Gasteiger partial charge in [-0.15, -0.1) is 0 Å². The van der Waals surface area contributed by atoms with Crippen LogP contribution in [0, 0.1) is 0 Å². The Bertz CT molecular complexity index is 497. The molecule has 0 spiro atoms. The molecular weight excluding hydrogens is 252 g/mol. The summed E-state index contributed by atoms with van der Waals surface area (Å²) in [5.41, 5.74) is 0. The maximum Gasteiger partial charge on any atom is 0.128 e. The van der Waals surface area contributed by atoms with E-state index < -0.39 is 0 Å². The number of aliphatic hydroxyl groups is 1. The second-order valence-corrected chi connectivity index (χ2v) is 4.04. The van der Waals surface area contributed by atoms with E-state index in [0.29, 0.717) is 22.3 Å². The minimum atomic E-state index is 0.000760. The third kappa shape index (κ3) is 3.65. The molecule has 0 aliphatic heterocycles. The summed E-state index contributed by atoms with van der Waals surface area (Å²) in [6, 6.07) is 14.4. The number of aliphatic hydroxyl groups excluding tert-OH is 1. The van der Waals surface area contributed by atoms with E-state index in [-0.39, 0.29) is 13.2 Å². The lowest BCUT2D eigenvalue weighted by Gasteiger charge is -2.07. The highest BCUT2D eigenvalue weighted by Gasteiger charge is 1.99. The second-order valence-electron chi connectivity index (χ2n) is 3.60. The highest BCUT2D eigenvalue weighted by atomic mass is 35.5. The molecular formula is C14H13ClO3. The van der Waals surface area contributed by atoms with Crippen molar-refractivity contribution in [2.24, 2.45) is 0 Å². The van der Waals surface area contributed by atoms with Crippen molar-refractivity contribution in [2.75, 3.05) is 13.2 Å². The molecule has 0 amide bonds. The summed E-state index contributed by atoms with van der Waals surface area (Å²) >= 11 is 5.87. The summed E-state index contributed by atoms with van der Waals surface area (Å²) in [5.74, 6) is 2.09. The number of benzene rings is 2. The maximum atomic E-state index is 8.64. The van der Waals surface area contributed by atoms with Gasteiger partial charge in [0.15, 0.2) is 0 Å². The minimum absolute atomic E-state index is 0.000760. The molecule has 0 saturated carbocycles. The average Bonchev–Trinajstić information content (AvgIpc) is 2.38. The molecule has 0 heterocycles. The average molecular weight is 265 g/mol. The lowest BCUT2D eigenvalue weighted by Crippen LogP contribution is -2.01. The van der Waals surface area contributed by atoms with Crippen molar-refractivity contribution in [2.45, 2.75) is 0 Å². The summed E-state index contributed by atoms with van der Waals surface area (Å²) in [6.45, 7) is 0.287. The highest BCUT2D eigenvalue weighted by Crippen LogP contribution is 2.25. The Kier molecular flexibility index (Phi) is 4.45. The molecule has 2 rings (SSSR count). The highest BCUT2D eigenvalue weighted by molar-refractivity contribution is 6.30. The Morgan fingerprint density at radius 1 is 0.944 bits per heavy atom. The molecule has 0 atom stereocenters. The van der Waals surface area contributed by atoms with Gasteiger partial charge in [0.2, 0.25) is 0 Å². The van der Waals surface area contributed by atoms with Gasteiger partial charge in [0, 0.05) is 5.02 Å². The normalized spacial score (nSPS) is 10.1. The van der Waals surface area contributed by atoms with Gasteiger partial charge in [0.25, 0.3) is 0 Å². The number of rotatable bonds is 5. The Hall–Kier alpha value is -1.71. The SMILES string of the molecule is OCCOc1ccc(Oc2cccc(Cl)c2)cc1. The van der Waals surface area contributed by atoms with Crippen molar-refractivity contribution in [3.8, 4) is 17.2 Å². The second kappa shape index (κ2) is 6.28. The third-order valence-electron chi connectivity index (χ3n) is 2.22. The number of hydrogen-bond acceptors (Lipinski definition) is 3. The van der Waals surface area contributed by atoms with E-state index in [9.17, 15) is 0 Å². The quantitative estimate of drug-likeness (QED) is 0.898. The van der Waals surface area contributed by atoms with Gasteiger partial charge in [-0.25, -0.2) is 0 Å². The van der Waals surface area contributed by atoms with Gasteiger partial charge in [0.1, 0.15) is 23.9 Å². The summed E-state index contributed by atoms with van der Waals surface area (Å²) in [5, 5.41) is 9.28. The molecule has 0 bridgehead atoms. The standard InChI is InChI=1S/C14H13ClO3/c15-11-2-1-3-14(10-11)18-13-6-4-12(5-7-13)17-9-8-16/h1-7,10,16H,8-9H2. The molecule has 94 valence electrons. The first-order chi connectivity index (χ1) is 8.78. The van der Waals surface area contributed by atoms with Crippen LogP contribution >= 0.6 is 11.6 Å². The van der Waals surface area contributed by atoms with Gasteiger partial charge in [0.05, 0.1) is 6.61 Å². The number of hydrogen-bond donors (Lipinski definition) is 1. The van der Waals surface area contributed by atoms with E-state index in [4.69, 9.17) is 26.2 Å². The lowest BCUT2D eigenvalue weighted by atomic mass is 10.3. The molecule has 2 aromatic rings. The van der Waals surface area contributed by atoms with Gasteiger partial charge >= 0.3 is 0 Å². The van der Waals surface area contributed by atoms with E-state index >= 15 is 0 Å². The van der Waals surface area contributed by atoms with Crippen LogP contribution in [0.3, 0.4) is 0 Å². The lowest BCUT2D eigenvalue weighted by molar-refractivity contribution is 0.201. The van der Waals surface area contributed by atoms with Crippen molar-refractivity contribution >= 4 is 11.6 Å². The van der Waals surface area contributed by atoms with Crippen LogP contribution in [-0.4, -0.2) is 18.3 Å². The Morgan fingerprint density at radius 2 is 1.67 bits per heavy atom. The molecule has 0 fully saturated rings. The van der Waals surface area contributed by atoms with E-state index in [0.717, 1.165) is 0 Å². The first-order valence-corrected chi connectivity index (χ1v) is 5.93. The van der Waals surface area contributed by atoms with Crippen LogP contribution in [0.2, 0.25) is 5.02 Å². The first-order valence-electron chi connectivity index (χ1n) is 5.55. The predicted molar refractivity (Wildman–Crippen MR) is 70.5 cm³/mol. The summed E-state index contributed by atoms with van der Waals surface area (Å²) in [6.07, 6.45) is 0.